The fraction of sp³-hybridized carbons (Fsp3) is 0.526. The van der Waals surface area contributed by atoms with Crippen LogP contribution in [0.2, 0.25) is 0 Å². The maximum atomic E-state index is 12.8. The predicted octanol–water partition coefficient (Wildman–Crippen LogP) is 3.72. The third-order valence-electron chi connectivity index (χ3n) is 5.38. The van der Waals surface area contributed by atoms with E-state index in [-0.39, 0.29) is 23.4 Å². The molecule has 0 unspecified atom stereocenters. The van der Waals surface area contributed by atoms with Gasteiger partial charge in [0.2, 0.25) is 5.95 Å². The highest BCUT2D eigenvalue weighted by Gasteiger charge is 2.36. The molecule has 1 N–H and O–H groups in total. The number of aryl methyl sites for hydroxylation is 1. The van der Waals surface area contributed by atoms with Crippen LogP contribution in [-0.4, -0.2) is 45.6 Å². The van der Waals surface area contributed by atoms with E-state index in [1.807, 2.05) is 0 Å². The number of anilines is 1. The summed E-state index contributed by atoms with van der Waals surface area (Å²) in [5.74, 6) is -0.00384. The Labute approximate surface area is 160 Å². The minimum Gasteiger partial charge on any atom is -0.507 e. The molecule has 2 fully saturated rings. The van der Waals surface area contributed by atoms with Gasteiger partial charge in [-0.15, -0.1) is 10.2 Å². The predicted molar refractivity (Wildman–Crippen MR) is 96.0 cm³/mol. The summed E-state index contributed by atoms with van der Waals surface area (Å²) in [6, 6.07) is 3.02. The smallest absolute Gasteiger partial charge is 0.416 e. The number of rotatable bonds is 2. The lowest BCUT2D eigenvalue weighted by molar-refractivity contribution is -0.137. The molecule has 1 aromatic carbocycles. The van der Waals surface area contributed by atoms with E-state index in [4.69, 9.17) is 4.74 Å². The third kappa shape index (κ3) is 3.50. The quantitative estimate of drug-likeness (QED) is 0.837. The Morgan fingerprint density at radius 1 is 1.18 bits per heavy atom. The fourth-order valence-electron chi connectivity index (χ4n) is 4.01. The molecule has 2 aromatic rings. The number of fused-ring (bicyclic) bond motifs is 1. The van der Waals surface area contributed by atoms with Gasteiger partial charge in [-0.05, 0) is 50.8 Å². The van der Waals surface area contributed by atoms with Crippen molar-refractivity contribution in [2.24, 2.45) is 0 Å². The molecule has 0 bridgehead atoms. The van der Waals surface area contributed by atoms with Gasteiger partial charge in [-0.3, -0.25) is 0 Å². The molecule has 1 aliphatic carbocycles. The van der Waals surface area contributed by atoms with Crippen molar-refractivity contribution in [3.8, 4) is 17.0 Å². The Bertz CT molecular complexity index is 875. The van der Waals surface area contributed by atoms with Gasteiger partial charge < -0.3 is 14.7 Å². The molecule has 1 saturated carbocycles. The second kappa shape index (κ2) is 7.20. The number of phenolic OH excluding ortho intramolecular Hbond substituents is 1. The number of aromatic hydroxyl groups is 1. The minimum atomic E-state index is -4.52. The lowest BCUT2D eigenvalue weighted by atomic mass is 10.1. The molecule has 0 amide bonds. The van der Waals surface area contributed by atoms with Gasteiger partial charge >= 0.3 is 6.18 Å². The van der Waals surface area contributed by atoms with Crippen LogP contribution in [-0.2, 0) is 10.9 Å². The fourth-order valence-corrected chi connectivity index (χ4v) is 4.01. The number of nitrogens with zero attached hydrogens (tertiary/aromatic N) is 4. The highest BCUT2D eigenvalue weighted by atomic mass is 19.4. The van der Waals surface area contributed by atoms with Crippen LogP contribution in [0.1, 0.15) is 36.9 Å². The average Bonchev–Trinajstić information content (AvgIpc) is 3.00. The van der Waals surface area contributed by atoms with E-state index >= 15 is 0 Å². The SMILES string of the molecule is Cc1nc(N2CCCO[C@@H]3CCC[C@H]32)nnc1-c1ccc(C(F)(F)F)cc1O. The normalized spacial score (nSPS) is 22.8. The number of phenols is 1. The molecule has 2 aliphatic rings. The molecule has 1 saturated heterocycles. The Morgan fingerprint density at radius 2 is 2.00 bits per heavy atom. The van der Waals surface area contributed by atoms with Crippen LogP contribution in [0.4, 0.5) is 19.1 Å². The van der Waals surface area contributed by atoms with E-state index < -0.39 is 17.5 Å². The highest BCUT2D eigenvalue weighted by Crippen LogP contribution is 2.37. The van der Waals surface area contributed by atoms with Crippen LogP contribution < -0.4 is 4.90 Å². The Balaban J connectivity index is 1.65. The summed E-state index contributed by atoms with van der Waals surface area (Å²) in [5.41, 5.74) is 0.0274. The maximum Gasteiger partial charge on any atom is 0.416 e. The van der Waals surface area contributed by atoms with Crippen molar-refractivity contribution in [1.29, 1.82) is 0 Å². The molecular formula is C19H21F3N4O2. The maximum absolute atomic E-state index is 12.8. The number of halogens is 3. The lowest BCUT2D eigenvalue weighted by Crippen LogP contribution is -2.41. The number of alkyl halides is 3. The summed E-state index contributed by atoms with van der Waals surface area (Å²) in [4.78, 5) is 6.68. The first-order chi connectivity index (χ1) is 13.3. The van der Waals surface area contributed by atoms with E-state index in [0.717, 1.165) is 38.3 Å². The topological polar surface area (TPSA) is 71.4 Å². The van der Waals surface area contributed by atoms with Crippen LogP contribution in [0.25, 0.3) is 11.3 Å². The first-order valence-corrected chi connectivity index (χ1v) is 9.35. The Morgan fingerprint density at radius 3 is 2.71 bits per heavy atom. The van der Waals surface area contributed by atoms with E-state index in [9.17, 15) is 18.3 Å². The van der Waals surface area contributed by atoms with Gasteiger partial charge in [0.1, 0.15) is 11.4 Å². The number of hydrogen-bond acceptors (Lipinski definition) is 6. The van der Waals surface area contributed by atoms with Crippen molar-refractivity contribution < 1.29 is 23.0 Å². The molecular weight excluding hydrogens is 373 g/mol. The lowest BCUT2D eigenvalue weighted by Gasteiger charge is -2.29. The summed E-state index contributed by atoms with van der Waals surface area (Å²) < 4.78 is 44.4. The number of hydrogen-bond donors (Lipinski definition) is 1. The molecule has 0 radical (unpaired) electrons. The molecule has 28 heavy (non-hydrogen) atoms. The standard InChI is InChI=1S/C19H21F3N4O2/c1-11-17(13-7-6-12(10-15(13)27)19(20,21)22)24-25-18(23-11)26-8-3-9-28-16-5-2-4-14(16)26/h6-7,10,14,16,27H,2-5,8-9H2,1H3/t14-,16-/m1/s1. The van der Waals surface area contributed by atoms with E-state index in [1.54, 1.807) is 6.92 Å². The van der Waals surface area contributed by atoms with Crippen LogP contribution in [0.5, 0.6) is 5.75 Å². The third-order valence-corrected chi connectivity index (χ3v) is 5.38. The molecule has 2 heterocycles. The molecule has 9 heteroatoms. The number of aromatic nitrogens is 3. The molecule has 1 aromatic heterocycles. The van der Waals surface area contributed by atoms with Gasteiger partial charge in [-0.2, -0.15) is 13.2 Å². The van der Waals surface area contributed by atoms with Gasteiger partial charge in [0, 0.05) is 18.7 Å². The summed E-state index contributed by atoms with van der Waals surface area (Å²) >= 11 is 0. The van der Waals surface area contributed by atoms with Crippen molar-refractivity contribution in [2.45, 2.75) is 50.9 Å². The number of benzene rings is 1. The zero-order valence-electron chi connectivity index (χ0n) is 15.4. The second-order valence-electron chi connectivity index (χ2n) is 7.23. The van der Waals surface area contributed by atoms with Gasteiger partial charge in [0.25, 0.3) is 0 Å². The monoisotopic (exact) mass is 394 g/mol. The van der Waals surface area contributed by atoms with Crippen molar-refractivity contribution in [3.05, 3.63) is 29.5 Å². The first kappa shape index (κ1) is 18.9. The van der Waals surface area contributed by atoms with Gasteiger partial charge in [-0.25, -0.2) is 4.98 Å². The molecule has 2 atom stereocenters. The second-order valence-corrected chi connectivity index (χ2v) is 7.23. The van der Waals surface area contributed by atoms with Crippen LogP contribution in [0.15, 0.2) is 18.2 Å². The van der Waals surface area contributed by atoms with E-state index in [2.05, 4.69) is 20.1 Å². The van der Waals surface area contributed by atoms with Crippen LogP contribution in [0, 0.1) is 6.92 Å². The average molecular weight is 394 g/mol. The molecule has 0 spiro atoms. The highest BCUT2D eigenvalue weighted by molar-refractivity contribution is 5.69. The zero-order valence-corrected chi connectivity index (χ0v) is 15.4. The molecule has 6 nitrogen and oxygen atoms in total. The minimum absolute atomic E-state index is 0.171. The zero-order chi connectivity index (χ0) is 19.9. The van der Waals surface area contributed by atoms with Gasteiger partial charge in [-0.1, -0.05) is 0 Å². The van der Waals surface area contributed by atoms with E-state index in [0.29, 0.717) is 24.3 Å². The summed E-state index contributed by atoms with van der Waals surface area (Å²) in [6.07, 6.45) is -0.359. The van der Waals surface area contributed by atoms with Crippen molar-refractivity contribution in [2.75, 3.05) is 18.1 Å². The molecule has 150 valence electrons. The Kier molecular flexibility index (Phi) is 4.86. The summed E-state index contributed by atoms with van der Waals surface area (Å²) in [6.45, 7) is 3.19. The molecule has 1 aliphatic heterocycles. The first-order valence-electron chi connectivity index (χ1n) is 9.35. The van der Waals surface area contributed by atoms with Crippen molar-refractivity contribution in [1.82, 2.24) is 15.2 Å². The van der Waals surface area contributed by atoms with Crippen LogP contribution in [0.3, 0.4) is 0 Å². The van der Waals surface area contributed by atoms with Crippen molar-refractivity contribution >= 4 is 5.95 Å². The summed E-state index contributed by atoms with van der Waals surface area (Å²) in [7, 11) is 0. The van der Waals surface area contributed by atoms with E-state index in [1.165, 1.54) is 6.07 Å². The van der Waals surface area contributed by atoms with Gasteiger partial charge in [0.05, 0.1) is 23.4 Å². The molecule has 4 rings (SSSR count). The van der Waals surface area contributed by atoms with Gasteiger partial charge in [0.15, 0.2) is 0 Å². The Hall–Kier alpha value is -2.42. The van der Waals surface area contributed by atoms with Crippen molar-refractivity contribution in [3.63, 3.8) is 0 Å². The number of ether oxygens (including phenoxy) is 1. The van der Waals surface area contributed by atoms with Crippen LogP contribution >= 0.6 is 0 Å². The largest absolute Gasteiger partial charge is 0.507 e. The summed E-state index contributed by atoms with van der Waals surface area (Å²) in [5, 5.41) is 18.5.